The van der Waals surface area contributed by atoms with Crippen molar-refractivity contribution in [3.8, 4) is 0 Å². The van der Waals surface area contributed by atoms with E-state index in [2.05, 4.69) is 0 Å². The van der Waals surface area contributed by atoms with Gasteiger partial charge in [0.1, 0.15) is 0 Å². The van der Waals surface area contributed by atoms with Gasteiger partial charge in [-0.2, -0.15) is 0 Å². The summed E-state index contributed by atoms with van der Waals surface area (Å²) >= 11 is 0. The third-order valence-corrected chi connectivity index (χ3v) is 0.412. The molecule has 0 amide bonds. The Hall–Kier alpha value is 0.0801. The van der Waals surface area contributed by atoms with Crippen molar-refractivity contribution in [1.29, 1.82) is 0 Å². The second-order valence-electron chi connectivity index (χ2n) is 1.40. The van der Waals surface area contributed by atoms with E-state index >= 15 is 0 Å². The summed E-state index contributed by atoms with van der Waals surface area (Å²) in [4.78, 5) is 10.0. The van der Waals surface area contributed by atoms with Gasteiger partial charge in [-0.3, -0.25) is 4.79 Å². The van der Waals surface area contributed by atoms with Crippen molar-refractivity contribution < 1.29 is 35.7 Å². The number of hydrogen-bond donors (Lipinski definition) is 1. The largest absolute Gasteiger partial charge is 0.512 e. The van der Waals surface area contributed by atoms with E-state index < -0.39 is 0 Å². The maximum absolute atomic E-state index is 10.0. The Balaban J connectivity index is 0. The molecule has 1 N–H and O–H groups in total. The minimum absolute atomic E-state index is 0. The summed E-state index contributed by atoms with van der Waals surface area (Å²) in [6, 6.07) is 0. The molecule has 0 aromatic carbocycles. The molecule has 0 saturated carbocycles. The maximum atomic E-state index is 10.0. The molecule has 2 nitrogen and oxygen atoms in total. The first-order chi connectivity index (χ1) is 3.13. The van der Waals surface area contributed by atoms with Gasteiger partial charge in [0.2, 0.25) is 0 Å². The van der Waals surface area contributed by atoms with Crippen LogP contribution in [0.4, 0.5) is 0 Å². The Kier molecular flexibility index (Phi) is 7.15. The van der Waals surface area contributed by atoms with Gasteiger partial charge in [-0.15, -0.1) is 0 Å². The summed E-state index contributed by atoms with van der Waals surface area (Å²) in [7, 11) is 0. The van der Waals surface area contributed by atoms with Crippen molar-refractivity contribution in [3.63, 3.8) is 0 Å². The fraction of sp³-hybridized carbons (Fsp3) is 0.400. The monoisotopic (exact) mass is 280 g/mol. The fourth-order valence-electron chi connectivity index (χ4n) is 0.294. The van der Waals surface area contributed by atoms with Crippen LogP contribution in [0, 0.1) is 0 Å². The minimum Gasteiger partial charge on any atom is -0.512 e. The summed E-state index contributed by atoms with van der Waals surface area (Å²) in [5, 5.41) is 8.36. The molecule has 44 valence electrons. The molecule has 0 aromatic rings. The van der Waals surface area contributed by atoms with Gasteiger partial charge < -0.3 is 5.11 Å². The quantitative estimate of drug-likeness (QED) is 0.442. The van der Waals surface area contributed by atoms with Gasteiger partial charge in [-0.25, -0.2) is 0 Å². The van der Waals surface area contributed by atoms with Crippen molar-refractivity contribution in [2.24, 2.45) is 0 Å². The smallest absolute Gasteiger partial charge is 0.155 e. The SMILES string of the molecule is CC(=O)/C=C(/C)O.[Hf]. The molecule has 0 aliphatic heterocycles. The van der Waals surface area contributed by atoms with Crippen LogP contribution < -0.4 is 0 Å². The van der Waals surface area contributed by atoms with Gasteiger partial charge in [-0.1, -0.05) is 0 Å². The molecule has 0 aliphatic rings. The third-order valence-electron chi connectivity index (χ3n) is 0.412. The number of allylic oxidation sites excluding steroid dienone is 2. The van der Waals surface area contributed by atoms with Crippen LogP contribution in [0.25, 0.3) is 0 Å². The number of carbonyl (C=O) groups excluding carboxylic acids is 1. The predicted molar refractivity (Wildman–Crippen MR) is 27.1 cm³/mol. The van der Waals surface area contributed by atoms with Gasteiger partial charge in [0.15, 0.2) is 5.78 Å². The normalized spacial score (nSPS) is 10.0. The molecule has 0 aromatic heterocycles. The molecule has 3 heteroatoms. The van der Waals surface area contributed by atoms with Crippen LogP contribution in [-0.2, 0) is 30.6 Å². The molecule has 0 rings (SSSR count). The molecule has 0 radical (unpaired) electrons. The maximum Gasteiger partial charge on any atom is 0.155 e. The molecule has 0 saturated heterocycles. The van der Waals surface area contributed by atoms with Crippen LogP contribution >= 0.6 is 0 Å². The van der Waals surface area contributed by atoms with E-state index in [0.29, 0.717) is 0 Å². The molecule has 0 fully saturated rings. The molecule has 0 atom stereocenters. The van der Waals surface area contributed by atoms with Crippen molar-refractivity contribution in [2.75, 3.05) is 0 Å². The van der Waals surface area contributed by atoms with Crippen LogP contribution in [-0.4, -0.2) is 10.9 Å². The number of ketones is 1. The molecule has 0 heterocycles. The Bertz CT molecular complexity index is 103. The van der Waals surface area contributed by atoms with Crippen molar-refractivity contribution in [1.82, 2.24) is 0 Å². The zero-order chi connectivity index (χ0) is 5.86. The van der Waals surface area contributed by atoms with Gasteiger partial charge in [0.25, 0.3) is 0 Å². The second-order valence-corrected chi connectivity index (χ2v) is 1.40. The van der Waals surface area contributed by atoms with E-state index in [1.54, 1.807) is 0 Å². The standard InChI is InChI=1S/C5H8O2.Hf/c1-4(6)3-5(2)7;/h3,6H,1-2H3;/b4-3-;. The van der Waals surface area contributed by atoms with Crippen LogP contribution in [0.2, 0.25) is 0 Å². The Morgan fingerprint density at radius 1 is 1.50 bits per heavy atom. The first-order valence-electron chi connectivity index (χ1n) is 2.01. The number of hydrogen-bond acceptors (Lipinski definition) is 2. The van der Waals surface area contributed by atoms with E-state index in [1.165, 1.54) is 19.9 Å². The first kappa shape index (κ1) is 11.0. The summed E-state index contributed by atoms with van der Waals surface area (Å²) in [6.45, 7) is 2.85. The average Bonchev–Trinajstić information content (AvgIpc) is 1.27. The first-order valence-corrected chi connectivity index (χ1v) is 2.01. The number of aliphatic hydroxyl groups excluding tert-OH is 1. The van der Waals surface area contributed by atoms with Crippen LogP contribution in [0.1, 0.15) is 13.8 Å². The molecule has 0 unspecified atom stereocenters. The molecule has 0 aliphatic carbocycles. The molecule has 8 heavy (non-hydrogen) atoms. The number of carbonyl (C=O) groups is 1. The van der Waals surface area contributed by atoms with Crippen molar-refractivity contribution in [2.45, 2.75) is 13.8 Å². The molecule has 0 bridgehead atoms. The molecular weight excluding hydrogens is 271 g/mol. The van der Waals surface area contributed by atoms with E-state index in [4.69, 9.17) is 5.11 Å². The summed E-state index contributed by atoms with van der Waals surface area (Å²) in [5.41, 5.74) is 0. The van der Waals surface area contributed by atoms with Crippen LogP contribution in [0.5, 0.6) is 0 Å². The van der Waals surface area contributed by atoms with Crippen molar-refractivity contribution in [3.05, 3.63) is 11.8 Å². The summed E-state index contributed by atoms with van der Waals surface area (Å²) in [5.74, 6) is -0.0625. The van der Waals surface area contributed by atoms with Gasteiger partial charge in [-0.05, 0) is 13.8 Å². The van der Waals surface area contributed by atoms with E-state index in [9.17, 15) is 4.79 Å². The van der Waals surface area contributed by atoms with Crippen molar-refractivity contribution >= 4 is 5.78 Å². The molecule has 0 spiro atoms. The van der Waals surface area contributed by atoms with Crippen LogP contribution in [0.15, 0.2) is 11.8 Å². The number of rotatable bonds is 1. The Labute approximate surface area is 67.4 Å². The fourth-order valence-corrected chi connectivity index (χ4v) is 0.294. The minimum atomic E-state index is -0.125. The van der Waals surface area contributed by atoms with Gasteiger partial charge >= 0.3 is 0 Å². The summed E-state index contributed by atoms with van der Waals surface area (Å²) < 4.78 is 0. The van der Waals surface area contributed by atoms with E-state index in [-0.39, 0.29) is 37.4 Å². The van der Waals surface area contributed by atoms with E-state index in [1.807, 2.05) is 0 Å². The topological polar surface area (TPSA) is 37.3 Å². The second kappa shape index (κ2) is 5.22. The van der Waals surface area contributed by atoms with E-state index in [0.717, 1.165) is 0 Å². The third kappa shape index (κ3) is 9.43. The average molecular weight is 279 g/mol. The van der Waals surface area contributed by atoms with Crippen LogP contribution in [0.3, 0.4) is 0 Å². The molecular formula is C5H8HfO2. The van der Waals surface area contributed by atoms with Gasteiger partial charge in [0.05, 0.1) is 5.76 Å². The Morgan fingerprint density at radius 2 is 1.88 bits per heavy atom. The zero-order valence-electron chi connectivity index (χ0n) is 4.93. The number of aliphatic hydroxyl groups is 1. The zero-order valence-corrected chi connectivity index (χ0v) is 8.53. The Morgan fingerprint density at radius 3 is 1.88 bits per heavy atom. The predicted octanol–water partition coefficient (Wildman–Crippen LogP) is 1.03. The summed E-state index contributed by atoms with van der Waals surface area (Å²) in [6.07, 6.45) is 1.17. The van der Waals surface area contributed by atoms with Gasteiger partial charge in [0, 0.05) is 31.9 Å².